The van der Waals surface area contributed by atoms with E-state index in [1.165, 1.54) is 9.89 Å². The van der Waals surface area contributed by atoms with Crippen molar-refractivity contribution in [2.45, 2.75) is 19.4 Å². The summed E-state index contributed by atoms with van der Waals surface area (Å²) in [6.45, 7) is 4.16. The minimum absolute atomic E-state index is 0.0184. The van der Waals surface area contributed by atoms with Gasteiger partial charge < -0.3 is 4.90 Å². The van der Waals surface area contributed by atoms with Crippen LogP contribution in [-0.4, -0.2) is 65.6 Å². The third kappa shape index (κ3) is 3.36. The average Bonchev–Trinajstić information content (AvgIpc) is 3.03. The molecule has 0 radical (unpaired) electrons. The Bertz CT molecular complexity index is 576. The van der Waals surface area contributed by atoms with Crippen LogP contribution < -0.4 is 0 Å². The Morgan fingerprint density at radius 1 is 1.27 bits per heavy atom. The van der Waals surface area contributed by atoms with Gasteiger partial charge >= 0.3 is 0 Å². The minimum Gasteiger partial charge on any atom is -0.335 e. The van der Waals surface area contributed by atoms with Crippen LogP contribution in [0.15, 0.2) is 22.6 Å². The summed E-state index contributed by atoms with van der Waals surface area (Å²) in [7, 11) is 1.60. The van der Waals surface area contributed by atoms with Crippen LogP contribution in [-0.2, 0) is 16.1 Å². The van der Waals surface area contributed by atoms with Crippen molar-refractivity contribution in [2.24, 2.45) is 5.10 Å². The number of nitrogens with zero attached hydrogens (tertiary/aromatic N) is 4. The molecule has 2 amide bonds. The quantitative estimate of drug-likeness (QED) is 0.835. The van der Waals surface area contributed by atoms with E-state index in [1.807, 2.05) is 4.90 Å². The van der Waals surface area contributed by atoms with Gasteiger partial charge in [-0.15, -0.1) is 11.3 Å². The molecule has 22 heavy (non-hydrogen) atoms. The van der Waals surface area contributed by atoms with E-state index in [4.69, 9.17) is 0 Å². The predicted octanol–water partition coefficient (Wildman–Crippen LogP) is 1.00. The van der Waals surface area contributed by atoms with Crippen molar-refractivity contribution in [3.63, 3.8) is 0 Å². The van der Waals surface area contributed by atoms with E-state index in [-0.39, 0.29) is 11.8 Å². The topological polar surface area (TPSA) is 56.2 Å². The number of carbonyl (C=O) groups excluding carboxylic acids is 2. The number of piperazine rings is 1. The molecule has 2 aliphatic rings. The highest BCUT2D eigenvalue weighted by atomic mass is 32.1. The first-order valence-electron chi connectivity index (χ1n) is 7.51. The van der Waals surface area contributed by atoms with Gasteiger partial charge in [-0.1, -0.05) is 6.07 Å². The fourth-order valence-electron chi connectivity index (χ4n) is 2.74. The van der Waals surface area contributed by atoms with E-state index < -0.39 is 0 Å². The van der Waals surface area contributed by atoms with Crippen LogP contribution in [0, 0.1) is 0 Å². The zero-order valence-corrected chi connectivity index (χ0v) is 13.5. The molecule has 0 saturated carbocycles. The van der Waals surface area contributed by atoms with Crippen molar-refractivity contribution in [3.8, 4) is 0 Å². The molecule has 3 heterocycles. The smallest absolute Gasteiger partial charge is 0.270 e. The van der Waals surface area contributed by atoms with E-state index in [2.05, 4.69) is 27.5 Å². The van der Waals surface area contributed by atoms with Crippen LogP contribution >= 0.6 is 11.3 Å². The molecule has 2 aliphatic heterocycles. The molecule has 1 aromatic heterocycles. The summed E-state index contributed by atoms with van der Waals surface area (Å²) in [4.78, 5) is 29.5. The molecule has 7 heteroatoms. The molecule has 0 aromatic carbocycles. The number of thiophene rings is 1. The van der Waals surface area contributed by atoms with Gasteiger partial charge in [0.1, 0.15) is 5.71 Å². The molecule has 0 bridgehead atoms. The van der Waals surface area contributed by atoms with Crippen molar-refractivity contribution in [2.75, 3.05) is 33.2 Å². The largest absolute Gasteiger partial charge is 0.335 e. The molecule has 1 aromatic rings. The molecular weight excluding hydrogens is 300 g/mol. The highest BCUT2D eigenvalue weighted by Gasteiger charge is 2.28. The number of rotatable bonds is 3. The Kier molecular flexibility index (Phi) is 4.54. The summed E-state index contributed by atoms with van der Waals surface area (Å²) in [6.07, 6.45) is 0.830. The second kappa shape index (κ2) is 6.58. The SMILES string of the molecule is CN1N=C(C(=O)N2CCN(Cc3cccs3)CC2)CCC1=O. The summed E-state index contributed by atoms with van der Waals surface area (Å²) >= 11 is 1.77. The van der Waals surface area contributed by atoms with Crippen LogP contribution in [0.2, 0.25) is 0 Å². The number of hydrazone groups is 1. The Hall–Kier alpha value is -1.73. The maximum absolute atomic E-state index is 12.5. The van der Waals surface area contributed by atoms with E-state index in [0.29, 0.717) is 18.6 Å². The maximum Gasteiger partial charge on any atom is 0.270 e. The Morgan fingerprint density at radius 2 is 2.05 bits per heavy atom. The van der Waals surface area contributed by atoms with Crippen LogP contribution in [0.3, 0.4) is 0 Å². The Morgan fingerprint density at radius 3 is 2.68 bits per heavy atom. The van der Waals surface area contributed by atoms with E-state index in [9.17, 15) is 9.59 Å². The molecule has 1 saturated heterocycles. The molecule has 0 N–H and O–H groups in total. The summed E-state index contributed by atoms with van der Waals surface area (Å²) < 4.78 is 0. The Balaban J connectivity index is 1.54. The lowest BCUT2D eigenvalue weighted by atomic mass is 10.1. The molecule has 0 atom stereocenters. The third-order valence-corrected chi connectivity index (χ3v) is 4.93. The fourth-order valence-corrected chi connectivity index (χ4v) is 3.48. The molecule has 118 valence electrons. The summed E-state index contributed by atoms with van der Waals surface area (Å²) in [5.41, 5.74) is 0.508. The lowest BCUT2D eigenvalue weighted by Gasteiger charge is -2.35. The lowest BCUT2D eigenvalue weighted by molar-refractivity contribution is -0.131. The number of carbonyl (C=O) groups is 2. The number of amides is 2. The molecule has 0 spiro atoms. The summed E-state index contributed by atoms with van der Waals surface area (Å²) in [6, 6.07) is 4.21. The number of hydrogen-bond acceptors (Lipinski definition) is 5. The van der Waals surface area contributed by atoms with Crippen molar-refractivity contribution >= 4 is 28.9 Å². The Labute approximate surface area is 134 Å². The maximum atomic E-state index is 12.5. The summed E-state index contributed by atoms with van der Waals surface area (Å²) in [5.74, 6) is -0.0487. The fraction of sp³-hybridized carbons (Fsp3) is 0.533. The summed E-state index contributed by atoms with van der Waals surface area (Å²) in [5, 5.41) is 7.49. The standard InChI is InChI=1S/C15H20N4O2S/c1-17-14(20)5-4-13(16-17)15(21)19-8-6-18(7-9-19)11-12-3-2-10-22-12/h2-3,10H,4-9,11H2,1H3. The van der Waals surface area contributed by atoms with Gasteiger partial charge in [0.15, 0.2) is 0 Å². The van der Waals surface area contributed by atoms with E-state index in [0.717, 1.165) is 32.7 Å². The molecule has 6 nitrogen and oxygen atoms in total. The highest BCUT2D eigenvalue weighted by molar-refractivity contribution is 7.09. The second-order valence-electron chi connectivity index (χ2n) is 5.61. The van der Waals surface area contributed by atoms with Gasteiger partial charge in [0.2, 0.25) is 5.91 Å². The van der Waals surface area contributed by atoms with Crippen molar-refractivity contribution in [1.82, 2.24) is 14.8 Å². The first kappa shape index (κ1) is 15.2. The van der Waals surface area contributed by atoms with E-state index >= 15 is 0 Å². The predicted molar refractivity (Wildman–Crippen MR) is 85.6 cm³/mol. The van der Waals surface area contributed by atoms with Crippen LogP contribution in [0.4, 0.5) is 0 Å². The minimum atomic E-state index is -0.0303. The van der Waals surface area contributed by atoms with Crippen molar-refractivity contribution in [1.29, 1.82) is 0 Å². The molecule has 1 fully saturated rings. The van der Waals surface area contributed by atoms with Crippen LogP contribution in [0.1, 0.15) is 17.7 Å². The zero-order chi connectivity index (χ0) is 15.5. The zero-order valence-electron chi connectivity index (χ0n) is 12.7. The van der Waals surface area contributed by atoms with Crippen LogP contribution in [0.25, 0.3) is 0 Å². The molecule has 0 aliphatic carbocycles. The van der Waals surface area contributed by atoms with E-state index in [1.54, 1.807) is 18.4 Å². The van der Waals surface area contributed by atoms with Crippen LogP contribution in [0.5, 0.6) is 0 Å². The molecule has 3 rings (SSSR count). The lowest BCUT2D eigenvalue weighted by Crippen LogP contribution is -2.51. The monoisotopic (exact) mass is 320 g/mol. The van der Waals surface area contributed by atoms with Gasteiger partial charge in [0, 0.05) is 57.5 Å². The third-order valence-electron chi connectivity index (χ3n) is 4.07. The first-order valence-corrected chi connectivity index (χ1v) is 8.39. The van der Waals surface area contributed by atoms with Gasteiger partial charge in [-0.3, -0.25) is 14.5 Å². The van der Waals surface area contributed by atoms with Gasteiger partial charge in [-0.05, 0) is 11.4 Å². The van der Waals surface area contributed by atoms with Gasteiger partial charge in [-0.25, -0.2) is 5.01 Å². The number of hydrogen-bond donors (Lipinski definition) is 0. The first-order chi connectivity index (χ1) is 10.6. The average molecular weight is 320 g/mol. The van der Waals surface area contributed by atoms with Gasteiger partial charge in [-0.2, -0.15) is 5.10 Å². The molecule has 0 unspecified atom stereocenters. The van der Waals surface area contributed by atoms with Gasteiger partial charge in [0.05, 0.1) is 0 Å². The molecular formula is C15H20N4O2S. The van der Waals surface area contributed by atoms with Crippen molar-refractivity contribution in [3.05, 3.63) is 22.4 Å². The van der Waals surface area contributed by atoms with Gasteiger partial charge in [0.25, 0.3) is 5.91 Å². The second-order valence-corrected chi connectivity index (χ2v) is 6.64. The van der Waals surface area contributed by atoms with Crippen molar-refractivity contribution < 1.29 is 9.59 Å². The normalized spacial score (nSPS) is 20.2. The highest BCUT2D eigenvalue weighted by Crippen LogP contribution is 2.15.